The van der Waals surface area contributed by atoms with E-state index in [0.717, 1.165) is 38.7 Å². The zero-order valence-corrected chi connectivity index (χ0v) is 12.1. The van der Waals surface area contributed by atoms with Gasteiger partial charge in [-0.3, -0.25) is 9.58 Å². The highest BCUT2D eigenvalue weighted by Crippen LogP contribution is 2.29. The van der Waals surface area contributed by atoms with E-state index >= 15 is 0 Å². The summed E-state index contributed by atoms with van der Waals surface area (Å²) < 4.78 is 13.4. The van der Waals surface area contributed by atoms with E-state index in [2.05, 4.69) is 20.7 Å². The van der Waals surface area contributed by atoms with Crippen LogP contribution in [0.2, 0.25) is 0 Å². The molecule has 3 heterocycles. The monoisotopic (exact) mass is 287 g/mol. The molecule has 1 aliphatic carbocycles. The van der Waals surface area contributed by atoms with Crippen molar-refractivity contribution in [3.63, 3.8) is 0 Å². The molecule has 4 rings (SSSR count). The molecule has 0 bridgehead atoms. The van der Waals surface area contributed by atoms with Crippen LogP contribution in [0.3, 0.4) is 0 Å². The van der Waals surface area contributed by atoms with Crippen molar-refractivity contribution in [2.24, 2.45) is 5.92 Å². The Hall–Kier alpha value is -1.59. The molecule has 1 saturated carbocycles. The standard InChI is InChI=1S/C16H21N3O2/c1-2-13(1)12-21-16-9-18(7-14-4-6-20-11-14)8-15-3-5-17-19(15)10-16/h3-6,11,13,16H,1-2,7-10,12H2. The number of furan rings is 1. The van der Waals surface area contributed by atoms with E-state index in [0.29, 0.717) is 0 Å². The SMILES string of the molecule is c1cc2n(n1)CC(OCC1CC1)CN(Cc1ccoc1)C2. The average molecular weight is 287 g/mol. The van der Waals surface area contributed by atoms with E-state index in [1.54, 1.807) is 6.26 Å². The summed E-state index contributed by atoms with van der Waals surface area (Å²) in [6.45, 7) is 4.51. The maximum absolute atomic E-state index is 6.14. The predicted molar refractivity (Wildman–Crippen MR) is 77.5 cm³/mol. The van der Waals surface area contributed by atoms with Crippen LogP contribution in [-0.2, 0) is 24.4 Å². The Morgan fingerprint density at radius 1 is 1.29 bits per heavy atom. The lowest BCUT2D eigenvalue weighted by atomic mass is 10.2. The molecule has 0 N–H and O–H groups in total. The molecule has 2 aromatic heterocycles. The predicted octanol–water partition coefficient (Wildman–Crippen LogP) is 2.29. The van der Waals surface area contributed by atoms with Gasteiger partial charge in [-0.1, -0.05) is 0 Å². The third-order valence-corrected chi connectivity index (χ3v) is 4.28. The molecule has 0 saturated heterocycles. The van der Waals surface area contributed by atoms with Crippen LogP contribution in [0.25, 0.3) is 0 Å². The minimum absolute atomic E-state index is 0.221. The van der Waals surface area contributed by atoms with Crippen molar-refractivity contribution in [2.45, 2.75) is 38.6 Å². The molecule has 0 amide bonds. The Kier molecular flexibility index (Phi) is 3.53. The van der Waals surface area contributed by atoms with Gasteiger partial charge in [0.05, 0.1) is 30.9 Å². The van der Waals surface area contributed by atoms with Gasteiger partial charge in [0.2, 0.25) is 0 Å². The molecular formula is C16H21N3O2. The van der Waals surface area contributed by atoms with Gasteiger partial charge in [0.1, 0.15) is 0 Å². The van der Waals surface area contributed by atoms with Crippen molar-refractivity contribution in [2.75, 3.05) is 13.2 Å². The van der Waals surface area contributed by atoms with Gasteiger partial charge in [-0.2, -0.15) is 5.10 Å². The van der Waals surface area contributed by atoms with Crippen molar-refractivity contribution in [3.05, 3.63) is 42.1 Å². The molecule has 1 atom stereocenters. The Labute approximate surface area is 124 Å². The summed E-state index contributed by atoms with van der Waals surface area (Å²) in [5.41, 5.74) is 2.47. The molecule has 5 heteroatoms. The number of rotatable bonds is 5. The first kappa shape index (κ1) is 13.1. The fourth-order valence-electron chi connectivity index (χ4n) is 2.91. The van der Waals surface area contributed by atoms with E-state index in [1.807, 2.05) is 18.5 Å². The van der Waals surface area contributed by atoms with Crippen LogP contribution >= 0.6 is 0 Å². The first-order valence-corrected chi connectivity index (χ1v) is 7.72. The van der Waals surface area contributed by atoms with Gasteiger partial charge < -0.3 is 9.15 Å². The first-order valence-electron chi connectivity index (χ1n) is 7.72. The van der Waals surface area contributed by atoms with Gasteiger partial charge in [-0.15, -0.1) is 0 Å². The highest BCUT2D eigenvalue weighted by Gasteiger charge is 2.27. The molecular weight excluding hydrogens is 266 g/mol. The van der Waals surface area contributed by atoms with Gasteiger partial charge in [0, 0.05) is 38.0 Å². The quantitative estimate of drug-likeness (QED) is 0.846. The second kappa shape index (κ2) is 5.66. The van der Waals surface area contributed by atoms with Gasteiger partial charge in [0.25, 0.3) is 0 Å². The second-order valence-corrected chi connectivity index (χ2v) is 6.20. The highest BCUT2D eigenvalue weighted by atomic mass is 16.5. The van der Waals surface area contributed by atoms with Crippen LogP contribution in [0.5, 0.6) is 0 Å². The number of hydrogen-bond acceptors (Lipinski definition) is 4. The summed E-state index contributed by atoms with van der Waals surface area (Å²) in [5.74, 6) is 0.799. The molecule has 1 unspecified atom stereocenters. The Morgan fingerprint density at radius 2 is 2.24 bits per heavy atom. The van der Waals surface area contributed by atoms with Crippen LogP contribution < -0.4 is 0 Å². The van der Waals surface area contributed by atoms with Crippen LogP contribution in [0.4, 0.5) is 0 Å². The molecule has 2 aliphatic rings. The maximum Gasteiger partial charge on any atom is 0.0947 e. The lowest BCUT2D eigenvalue weighted by Crippen LogP contribution is -2.33. The van der Waals surface area contributed by atoms with Crippen LogP contribution in [0.15, 0.2) is 35.3 Å². The summed E-state index contributed by atoms with van der Waals surface area (Å²) in [4.78, 5) is 2.42. The smallest absolute Gasteiger partial charge is 0.0947 e. The van der Waals surface area contributed by atoms with Crippen molar-refractivity contribution in [1.82, 2.24) is 14.7 Å². The topological polar surface area (TPSA) is 43.4 Å². The molecule has 112 valence electrons. The molecule has 0 aromatic carbocycles. The van der Waals surface area contributed by atoms with Crippen LogP contribution in [-0.4, -0.2) is 33.9 Å². The third-order valence-electron chi connectivity index (χ3n) is 4.28. The molecule has 0 spiro atoms. The fraction of sp³-hybridized carbons (Fsp3) is 0.562. The molecule has 0 radical (unpaired) electrons. The van der Waals surface area contributed by atoms with Gasteiger partial charge in [-0.05, 0) is 30.9 Å². The van der Waals surface area contributed by atoms with E-state index in [4.69, 9.17) is 9.15 Å². The number of fused-ring (bicyclic) bond motifs is 1. The van der Waals surface area contributed by atoms with Crippen LogP contribution in [0, 0.1) is 5.92 Å². The largest absolute Gasteiger partial charge is 0.472 e. The van der Waals surface area contributed by atoms with Crippen molar-refractivity contribution in [3.8, 4) is 0 Å². The second-order valence-electron chi connectivity index (χ2n) is 6.20. The molecule has 21 heavy (non-hydrogen) atoms. The zero-order chi connectivity index (χ0) is 14.1. The fourth-order valence-corrected chi connectivity index (χ4v) is 2.91. The molecule has 1 fully saturated rings. The highest BCUT2D eigenvalue weighted by molar-refractivity contribution is 5.07. The number of ether oxygens (including phenoxy) is 1. The van der Waals surface area contributed by atoms with Crippen LogP contribution in [0.1, 0.15) is 24.1 Å². The summed E-state index contributed by atoms with van der Waals surface area (Å²) in [6, 6.07) is 4.13. The van der Waals surface area contributed by atoms with Gasteiger partial charge >= 0.3 is 0 Å². The molecule has 5 nitrogen and oxygen atoms in total. The zero-order valence-electron chi connectivity index (χ0n) is 12.1. The molecule has 2 aromatic rings. The van der Waals surface area contributed by atoms with E-state index in [9.17, 15) is 0 Å². The summed E-state index contributed by atoms with van der Waals surface area (Å²) >= 11 is 0. The Bertz CT molecular complexity index is 574. The number of aromatic nitrogens is 2. The lowest BCUT2D eigenvalue weighted by molar-refractivity contribution is 0.0122. The maximum atomic E-state index is 6.14. The minimum atomic E-state index is 0.221. The first-order chi connectivity index (χ1) is 10.4. The van der Waals surface area contributed by atoms with E-state index < -0.39 is 0 Å². The molecule has 1 aliphatic heterocycles. The number of hydrogen-bond donors (Lipinski definition) is 0. The Morgan fingerprint density at radius 3 is 3.05 bits per heavy atom. The summed E-state index contributed by atoms with van der Waals surface area (Å²) in [5, 5.41) is 4.43. The number of nitrogens with zero attached hydrogens (tertiary/aromatic N) is 3. The van der Waals surface area contributed by atoms with Gasteiger partial charge in [-0.25, -0.2) is 0 Å². The summed E-state index contributed by atoms with van der Waals surface area (Å²) in [7, 11) is 0. The summed E-state index contributed by atoms with van der Waals surface area (Å²) in [6.07, 6.45) is 8.32. The van der Waals surface area contributed by atoms with Gasteiger partial charge in [0.15, 0.2) is 0 Å². The minimum Gasteiger partial charge on any atom is -0.472 e. The van der Waals surface area contributed by atoms with E-state index in [-0.39, 0.29) is 6.10 Å². The van der Waals surface area contributed by atoms with E-state index in [1.165, 1.54) is 24.1 Å². The average Bonchev–Trinajstić information content (AvgIpc) is 3.05. The van der Waals surface area contributed by atoms with Crippen molar-refractivity contribution < 1.29 is 9.15 Å². The third kappa shape index (κ3) is 3.19. The lowest BCUT2D eigenvalue weighted by Gasteiger charge is -2.23. The normalized spacial score (nSPS) is 23.0. The van der Waals surface area contributed by atoms with Crippen molar-refractivity contribution in [1.29, 1.82) is 0 Å². The Balaban J connectivity index is 1.47. The van der Waals surface area contributed by atoms with Crippen molar-refractivity contribution >= 4 is 0 Å².